The fourth-order valence-corrected chi connectivity index (χ4v) is 2.78. The number of rotatable bonds is 6. The van der Waals surface area contributed by atoms with Crippen molar-refractivity contribution in [3.8, 4) is 11.3 Å². The Bertz CT molecular complexity index is 875. The first-order valence-corrected chi connectivity index (χ1v) is 8.91. The molecule has 0 aliphatic heterocycles. The minimum atomic E-state index is -0.0744. The number of pyridine rings is 1. The van der Waals surface area contributed by atoms with E-state index >= 15 is 0 Å². The van der Waals surface area contributed by atoms with Crippen molar-refractivity contribution in [2.24, 2.45) is 0 Å². The number of nitrogens with zero attached hydrogens (tertiary/aromatic N) is 3. The third-order valence-corrected chi connectivity index (χ3v) is 4.75. The summed E-state index contributed by atoms with van der Waals surface area (Å²) in [6, 6.07) is 11.4. The van der Waals surface area contributed by atoms with Gasteiger partial charge in [0.15, 0.2) is 0 Å². The van der Waals surface area contributed by atoms with E-state index in [-0.39, 0.29) is 5.91 Å². The van der Waals surface area contributed by atoms with Gasteiger partial charge < -0.3 is 9.88 Å². The molecule has 6 heteroatoms. The van der Waals surface area contributed by atoms with Gasteiger partial charge in [0.1, 0.15) is 0 Å². The van der Waals surface area contributed by atoms with E-state index in [9.17, 15) is 4.79 Å². The van der Waals surface area contributed by atoms with E-state index in [4.69, 9.17) is 11.6 Å². The summed E-state index contributed by atoms with van der Waals surface area (Å²) in [5.41, 5.74) is 3.22. The van der Waals surface area contributed by atoms with Crippen LogP contribution in [0.25, 0.3) is 11.3 Å². The smallest absolute Gasteiger partial charge is 0.251 e. The van der Waals surface area contributed by atoms with E-state index in [1.54, 1.807) is 12.5 Å². The average Bonchev–Trinajstić information content (AvgIpc) is 3.19. The number of hydrogen-bond donors (Lipinski definition) is 1. The zero-order valence-corrected chi connectivity index (χ0v) is 15.6. The van der Waals surface area contributed by atoms with Crippen LogP contribution in [0.2, 0.25) is 5.02 Å². The molecule has 1 atom stereocenters. The number of aromatic nitrogens is 3. The number of benzene rings is 1. The molecular weight excluding hydrogens is 348 g/mol. The van der Waals surface area contributed by atoms with Crippen molar-refractivity contribution in [2.45, 2.75) is 26.3 Å². The molecule has 2 heterocycles. The average molecular weight is 369 g/mol. The molecule has 2 aromatic heterocycles. The van der Waals surface area contributed by atoms with Crippen molar-refractivity contribution >= 4 is 17.5 Å². The quantitative estimate of drug-likeness (QED) is 0.706. The highest BCUT2D eigenvalue weighted by Gasteiger charge is 2.09. The van der Waals surface area contributed by atoms with Gasteiger partial charge in [-0.3, -0.25) is 9.78 Å². The van der Waals surface area contributed by atoms with Gasteiger partial charge in [0.05, 0.1) is 22.7 Å². The molecule has 0 spiro atoms. The maximum absolute atomic E-state index is 12.3. The third kappa shape index (κ3) is 4.29. The lowest BCUT2D eigenvalue weighted by Gasteiger charge is -2.13. The lowest BCUT2D eigenvalue weighted by Crippen LogP contribution is -2.26. The van der Waals surface area contributed by atoms with Crippen molar-refractivity contribution in [1.82, 2.24) is 19.9 Å². The molecule has 0 fully saturated rings. The summed E-state index contributed by atoms with van der Waals surface area (Å²) in [7, 11) is 0. The lowest BCUT2D eigenvalue weighted by molar-refractivity contribution is 0.0952. The topological polar surface area (TPSA) is 59.8 Å². The van der Waals surface area contributed by atoms with Crippen LogP contribution in [0.1, 0.15) is 35.4 Å². The predicted octanol–water partition coefficient (Wildman–Crippen LogP) is 4.29. The van der Waals surface area contributed by atoms with E-state index < -0.39 is 0 Å². The SMILES string of the molecule is Cc1nc(-c2ccc(C(=O)NCC[C@@H](C)n3ccnc3)cc2)ccc1Cl. The summed E-state index contributed by atoms with van der Waals surface area (Å²) in [6.45, 7) is 4.58. The molecule has 3 aromatic rings. The van der Waals surface area contributed by atoms with Crippen LogP contribution in [0, 0.1) is 6.92 Å². The first kappa shape index (κ1) is 18.1. The Morgan fingerprint density at radius 2 is 2.00 bits per heavy atom. The van der Waals surface area contributed by atoms with Gasteiger partial charge in [-0.2, -0.15) is 0 Å². The number of hydrogen-bond acceptors (Lipinski definition) is 3. The molecule has 0 saturated heterocycles. The van der Waals surface area contributed by atoms with Crippen molar-refractivity contribution in [3.05, 3.63) is 71.4 Å². The van der Waals surface area contributed by atoms with Gasteiger partial charge in [0.2, 0.25) is 0 Å². The van der Waals surface area contributed by atoms with Gasteiger partial charge in [-0.25, -0.2) is 4.98 Å². The van der Waals surface area contributed by atoms with Crippen LogP contribution in [0.3, 0.4) is 0 Å². The van der Waals surface area contributed by atoms with E-state index in [0.717, 1.165) is 23.4 Å². The first-order chi connectivity index (χ1) is 12.5. The summed E-state index contributed by atoms with van der Waals surface area (Å²) in [6.07, 6.45) is 6.32. The molecule has 0 unspecified atom stereocenters. The monoisotopic (exact) mass is 368 g/mol. The lowest BCUT2D eigenvalue weighted by atomic mass is 10.1. The Kier molecular flexibility index (Phi) is 5.68. The second-order valence-electron chi connectivity index (χ2n) is 6.24. The Morgan fingerprint density at radius 1 is 1.23 bits per heavy atom. The van der Waals surface area contributed by atoms with Crippen LogP contribution in [0.15, 0.2) is 55.1 Å². The maximum atomic E-state index is 12.3. The maximum Gasteiger partial charge on any atom is 0.251 e. The van der Waals surface area contributed by atoms with Crippen LogP contribution < -0.4 is 5.32 Å². The molecule has 5 nitrogen and oxygen atoms in total. The highest BCUT2D eigenvalue weighted by molar-refractivity contribution is 6.31. The number of imidazole rings is 1. The fraction of sp³-hybridized carbons (Fsp3) is 0.250. The summed E-state index contributed by atoms with van der Waals surface area (Å²) in [4.78, 5) is 20.8. The van der Waals surface area contributed by atoms with Gasteiger partial charge in [-0.1, -0.05) is 23.7 Å². The van der Waals surface area contributed by atoms with E-state index in [1.165, 1.54) is 0 Å². The number of amides is 1. The van der Waals surface area contributed by atoms with Crippen molar-refractivity contribution in [2.75, 3.05) is 6.54 Å². The van der Waals surface area contributed by atoms with Crippen LogP contribution in [-0.2, 0) is 0 Å². The van der Waals surface area contributed by atoms with Gasteiger partial charge in [-0.15, -0.1) is 0 Å². The third-order valence-electron chi connectivity index (χ3n) is 4.35. The standard InChI is InChI=1S/C20H21ClN4O/c1-14(25-12-11-22-13-25)9-10-23-20(26)17-5-3-16(4-6-17)19-8-7-18(21)15(2)24-19/h3-8,11-14H,9-10H2,1-2H3,(H,23,26)/t14-/m1/s1. The highest BCUT2D eigenvalue weighted by Crippen LogP contribution is 2.21. The Balaban J connectivity index is 1.57. The molecule has 0 aliphatic rings. The van der Waals surface area contributed by atoms with Crippen LogP contribution in [-0.4, -0.2) is 27.0 Å². The largest absolute Gasteiger partial charge is 0.352 e. The van der Waals surface area contributed by atoms with Crippen molar-refractivity contribution < 1.29 is 4.79 Å². The zero-order valence-electron chi connectivity index (χ0n) is 14.8. The van der Waals surface area contributed by atoms with Crippen molar-refractivity contribution in [3.63, 3.8) is 0 Å². The first-order valence-electron chi connectivity index (χ1n) is 8.54. The Labute approximate surface area is 158 Å². The molecule has 3 rings (SSSR count). The number of carbonyl (C=O) groups excluding carboxylic acids is 1. The number of aryl methyl sites for hydroxylation is 1. The fourth-order valence-electron chi connectivity index (χ4n) is 2.67. The summed E-state index contributed by atoms with van der Waals surface area (Å²) in [5.74, 6) is -0.0744. The molecule has 0 bridgehead atoms. The minimum Gasteiger partial charge on any atom is -0.352 e. The zero-order chi connectivity index (χ0) is 18.5. The summed E-state index contributed by atoms with van der Waals surface area (Å²) in [5, 5.41) is 3.61. The number of nitrogens with one attached hydrogen (secondary N) is 1. The number of carbonyl (C=O) groups is 1. The van der Waals surface area contributed by atoms with Crippen LogP contribution in [0.4, 0.5) is 0 Å². The molecule has 134 valence electrons. The number of halogens is 1. The Morgan fingerprint density at radius 3 is 2.65 bits per heavy atom. The molecular formula is C20H21ClN4O. The van der Waals surface area contributed by atoms with Gasteiger partial charge in [-0.05, 0) is 44.5 Å². The van der Waals surface area contributed by atoms with Crippen LogP contribution >= 0.6 is 11.6 Å². The normalized spacial score (nSPS) is 12.0. The molecule has 0 saturated carbocycles. The minimum absolute atomic E-state index is 0.0744. The predicted molar refractivity (Wildman–Crippen MR) is 103 cm³/mol. The van der Waals surface area contributed by atoms with Crippen LogP contribution in [0.5, 0.6) is 0 Å². The summed E-state index contributed by atoms with van der Waals surface area (Å²) < 4.78 is 2.03. The van der Waals surface area contributed by atoms with Gasteiger partial charge in [0, 0.05) is 36.1 Å². The second kappa shape index (κ2) is 8.15. The summed E-state index contributed by atoms with van der Waals surface area (Å²) >= 11 is 6.02. The molecule has 1 amide bonds. The molecule has 0 aliphatic carbocycles. The Hall–Kier alpha value is -2.66. The molecule has 1 aromatic carbocycles. The van der Waals surface area contributed by atoms with Gasteiger partial charge in [0.25, 0.3) is 5.91 Å². The second-order valence-corrected chi connectivity index (χ2v) is 6.65. The van der Waals surface area contributed by atoms with E-state index in [2.05, 4.69) is 22.2 Å². The highest BCUT2D eigenvalue weighted by atomic mass is 35.5. The van der Waals surface area contributed by atoms with E-state index in [1.807, 2.05) is 54.1 Å². The molecule has 26 heavy (non-hydrogen) atoms. The van der Waals surface area contributed by atoms with E-state index in [0.29, 0.717) is 23.2 Å². The molecule has 0 radical (unpaired) electrons. The van der Waals surface area contributed by atoms with Crippen molar-refractivity contribution in [1.29, 1.82) is 0 Å². The van der Waals surface area contributed by atoms with Gasteiger partial charge >= 0.3 is 0 Å². The molecule has 1 N–H and O–H groups in total.